The maximum Gasteiger partial charge on any atom is 0.232 e. The van der Waals surface area contributed by atoms with Crippen LogP contribution in [0.25, 0.3) is 22.3 Å². The first kappa shape index (κ1) is 46.9. The van der Waals surface area contributed by atoms with E-state index in [0.29, 0.717) is 70.0 Å². The van der Waals surface area contributed by atoms with Crippen LogP contribution < -0.4 is 9.03 Å². The topological polar surface area (TPSA) is 129 Å². The van der Waals surface area contributed by atoms with E-state index in [9.17, 15) is 25.6 Å². The number of halogens is 6. The van der Waals surface area contributed by atoms with Crippen molar-refractivity contribution in [1.29, 1.82) is 0 Å². The van der Waals surface area contributed by atoms with Crippen molar-refractivity contribution in [3.8, 4) is 22.3 Å². The van der Waals surface area contributed by atoms with Gasteiger partial charge in [0.2, 0.25) is 20.0 Å². The van der Waals surface area contributed by atoms with Crippen LogP contribution in [0.1, 0.15) is 0 Å². The van der Waals surface area contributed by atoms with Gasteiger partial charge in [-0.15, -0.1) is 0 Å². The van der Waals surface area contributed by atoms with Gasteiger partial charge >= 0.3 is 0 Å². The van der Waals surface area contributed by atoms with Gasteiger partial charge in [0.25, 0.3) is 0 Å². The van der Waals surface area contributed by atoms with Gasteiger partial charge in [0.05, 0.1) is 71.3 Å². The van der Waals surface area contributed by atoms with Crippen molar-refractivity contribution >= 4 is 77.8 Å². The van der Waals surface area contributed by atoms with E-state index < -0.39 is 31.7 Å². The van der Waals surface area contributed by atoms with E-state index in [-0.39, 0.29) is 16.7 Å². The SMILES string of the molecule is CS(=O)(=O)N(CCN1CCOCC1)c1ccc(-c2ccc(Cl)c(F)c2)c(Cl)c1.CS(=O)(=O)Nc1ccc(-c2ccc(Cl)c(F)c2)c(Cl)c1.OCCN1CCOCC1. The monoisotopic (exact) mass is 910 g/mol. The minimum Gasteiger partial charge on any atom is -0.395 e. The molecule has 4 aromatic carbocycles. The zero-order chi connectivity index (χ0) is 41.8. The molecule has 2 fully saturated rings. The Hall–Kier alpha value is -2.80. The summed E-state index contributed by atoms with van der Waals surface area (Å²) < 4.78 is 88.2. The van der Waals surface area contributed by atoms with Gasteiger partial charge in [-0.05, 0) is 59.7 Å². The molecular formula is C38H44Cl4F2N4O7S2. The molecule has 11 nitrogen and oxygen atoms in total. The number of rotatable bonds is 11. The first-order chi connectivity index (χ1) is 26.9. The lowest BCUT2D eigenvalue weighted by atomic mass is 10.1. The lowest BCUT2D eigenvalue weighted by Gasteiger charge is -2.30. The Labute approximate surface area is 353 Å². The van der Waals surface area contributed by atoms with Gasteiger partial charge in [0, 0.05) is 62.6 Å². The smallest absolute Gasteiger partial charge is 0.232 e. The number of aliphatic hydroxyl groups excluding tert-OH is 1. The van der Waals surface area contributed by atoms with E-state index in [0.717, 1.165) is 52.2 Å². The number of ether oxygens (including phenoxy) is 2. The molecule has 2 aliphatic rings. The Bertz CT molecular complexity index is 2180. The largest absolute Gasteiger partial charge is 0.395 e. The summed E-state index contributed by atoms with van der Waals surface area (Å²) in [5.41, 5.74) is 3.12. The molecule has 0 spiro atoms. The zero-order valence-corrected chi connectivity index (χ0v) is 35.9. The normalized spacial score (nSPS) is 15.2. The highest BCUT2D eigenvalue weighted by Gasteiger charge is 2.21. The summed E-state index contributed by atoms with van der Waals surface area (Å²) in [6.45, 7) is 8.40. The number of β-amino-alcohol motifs (C(OH)–C–C–N with tert-alkyl or cyclic N) is 1. The summed E-state index contributed by atoms with van der Waals surface area (Å²) in [7, 11) is -6.86. The van der Waals surface area contributed by atoms with Crippen molar-refractivity contribution in [2.45, 2.75) is 0 Å². The number of hydrogen-bond donors (Lipinski definition) is 2. The molecule has 57 heavy (non-hydrogen) atoms. The zero-order valence-electron chi connectivity index (χ0n) is 31.2. The molecule has 0 unspecified atom stereocenters. The number of nitrogens with one attached hydrogen (secondary N) is 1. The van der Waals surface area contributed by atoms with Crippen LogP contribution in [0.3, 0.4) is 0 Å². The molecule has 0 bridgehead atoms. The number of benzene rings is 4. The lowest BCUT2D eigenvalue weighted by Crippen LogP contribution is -2.43. The van der Waals surface area contributed by atoms with E-state index in [1.807, 2.05) is 0 Å². The number of anilines is 2. The molecule has 19 heteroatoms. The summed E-state index contributed by atoms with van der Waals surface area (Å²) in [5, 5.41) is 9.23. The molecule has 0 atom stereocenters. The average Bonchev–Trinajstić information content (AvgIpc) is 3.15. The highest BCUT2D eigenvalue weighted by molar-refractivity contribution is 7.92. The van der Waals surface area contributed by atoms with Crippen molar-refractivity contribution in [2.75, 3.05) is 100 Å². The van der Waals surface area contributed by atoms with Crippen molar-refractivity contribution in [3.05, 3.63) is 105 Å². The fraction of sp³-hybridized carbons (Fsp3) is 0.368. The molecule has 4 aromatic rings. The molecular weight excluding hydrogens is 868 g/mol. The van der Waals surface area contributed by atoms with Gasteiger partial charge in [-0.3, -0.25) is 18.8 Å². The molecule has 2 aliphatic heterocycles. The Morgan fingerprint density at radius 1 is 0.667 bits per heavy atom. The second kappa shape index (κ2) is 22.0. The van der Waals surface area contributed by atoms with Gasteiger partial charge in [0.1, 0.15) is 11.6 Å². The van der Waals surface area contributed by atoms with Gasteiger partial charge in [-0.2, -0.15) is 0 Å². The predicted molar refractivity (Wildman–Crippen MR) is 226 cm³/mol. The van der Waals surface area contributed by atoms with Crippen LogP contribution in [-0.4, -0.2) is 123 Å². The fourth-order valence-corrected chi connectivity index (χ4v) is 8.03. The van der Waals surface area contributed by atoms with Crippen LogP contribution in [0.5, 0.6) is 0 Å². The van der Waals surface area contributed by atoms with E-state index in [1.165, 1.54) is 40.9 Å². The number of morpholine rings is 2. The van der Waals surface area contributed by atoms with Crippen molar-refractivity contribution in [1.82, 2.24) is 9.80 Å². The van der Waals surface area contributed by atoms with Crippen LogP contribution in [-0.2, 0) is 29.5 Å². The van der Waals surface area contributed by atoms with Crippen LogP contribution in [0.15, 0.2) is 72.8 Å². The molecule has 2 saturated heterocycles. The molecule has 0 aliphatic carbocycles. The number of hydrogen-bond acceptors (Lipinski definition) is 9. The van der Waals surface area contributed by atoms with Crippen molar-refractivity contribution in [3.63, 3.8) is 0 Å². The molecule has 312 valence electrons. The third kappa shape index (κ3) is 15.1. The Kier molecular flexibility index (Phi) is 18.1. The summed E-state index contributed by atoms with van der Waals surface area (Å²) in [5.74, 6) is -1.08. The third-order valence-corrected chi connectivity index (χ3v) is 11.7. The predicted octanol–water partition coefficient (Wildman–Crippen LogP) is 7.38. The fourth-order valence-electron chi connectivity index (χ4n) is 5.76. The molecule has 0 saturated carbocycles. The number of aliphatic hydroxyl groups is 1. The first-order valence-corrected chi connectivity index (χ1v) is 22.9. The van der Waals surface area contributed by atoms with Gasteiger partial charge in [-0.25, -0.2) is 25.6 Å². The molecule has 0 radical (unpaired) electrons. The van der Waals surface area contributed by atoms with Crippen LogP contribution in [0.4, 0.5) is 20.2 Å². The van der Waals surface area contributed by atoms with Gasteiger partial charge in [0.15, 0.2) is 0 Å². The van der Waals surface area contributed by atoms with Gasteiger partial charge in [-0.1, -0.05) is 70.7 Å². The maximum atomic E-state index is 13.8. The van der Waals surface area contributed by atoms with E-state index in [2.05, 4.69) is 14.5 Å². The average molecular weight is 913 g/mol. The summed E-state index contributed by atoms with van der Waals surface area (Å²) in [4.78, 5) is 4.36. The Balaban J connectivity index is 0.000000215. The quantitative estimate of drug-likeness (QED) is 0.159. The summed E-state index contributed by atoms with van der Waals surface area (Å²) >= 11 is 23.8. The number of nitrogens with zero attached hydrogens (tertiary/aromatic N) is 3. The van der Waals surface area contributed by atoms with E-state index >= 15 is 0 Å². The van der Waals surface area contributed by atoms with E-state index in [4.69, 9.17) is 61.0 Å². The minimum absolute atomic E-state index is 0.0280. The molecule has 0 amide bonds. The highest BCUT2D eigenvalue weighted by Crippen LogP contribution is 2.34. The minimum atomic E-state index is -3.49. The van der Waals surface area contributed by atoms with Crippen LogP contribution in [0, 0.1) is 11.6 Å². The van der Waals surface area contributed by atoms with Crippen LogP contribution in [0.2, 0.25) is 20.1 Å². The second-order valence-electron chi connectivity index (χ2n) is 13.0. The molecule has 2 heterocycles. The van der Waals surface area contributed by atoms with Crippen molar-refractivity contribution in [2.24, 2.45) is 0 Å². The third-order valence-electron chi connectivity index (χ3n) is 8.62. The van der Waals surface area contributed by atoms with Gasteiger partial charge < -0.3 is 14.6 Å². The highest BCUT2D eigenvalue weighted by atomic mass is 35.5. The first-order valence-electron chi connectivity index (χ1n) is 17.6. The lowest BCUT2D eigenvalue weighted by molar-refractivity contribution is 0.0306. The summed E-state index contributed by atoms with van der Waals surface area (Å²) in [6.07, 6.45) is 2.21. The second-order valence-corrected chi connectivity index (χ2v) is 18.2. The molecule has 6 rings (SSSR count). The molecule has 2 N–H and O–H groups in total. The van der Waals surface area contributed by atoms with E-state index in [1.54, 1.807) is 42.5 Å². The number of sulfonamides is 2. The van der Waals surface area contributed by atoms with Crippen molar-refractivity contribution < 1.29 is 40.2 Å². The molecule has 0 aromatic heterocycles. The van der Waals surface area contributed by atoms with Crippen LogP contribution >= 0.6 is 46.4 Å². The standard InChI is InChI=1S/C19H21Cl2FN2O3S.C13H10Cl2FNO2S.C6H13NO2/c1-28(25,26)24(7-6-23-8-10-27-11-9-23)15-3-4-16(18(21)13-15)14-2-5-17(20)19(22)12-14;1-20(18,19)17-9-3-4-10(12(15)7-9)8-2-5-11(14)13(16)6-8;8-4-1-7-2-5-9-6-3-7/h2-5,12-13H,6-11H2,1H3;2-7,17H,1H3;8H,1-6H2. The Morgan fingerprint density at radius 3 is 1.56 bits per heavy atom. The summed E-state index contributed by atoms with van der Waals surface area (Å²) in [6, 6.07) is 18.3. The Morgan fingerprint density at radius 2 is 1.14 bits per heavy atom. The maximum absolute atomic E-state index is 13.8.